The fourth-order valence-corrected chi connectivity index (χ4v) is 2.62. The van der Waals surface area contributed by atoms with Crippen molar-refractivity contribution >= 4 is 36.4 Å². The lowest BCUT2D eigenvalue weighted by Crippen LogP contribution is -2.36. The molecule has 2 unspecified atom stereocenters. The SMILES string of the molecule is CC1(C(=O)O)Cc2ccccc2CC(N)C(=O)OS1.Cl. The average molecular weight is 318 g/mol. The zero-order chi connectivity index (χ0) is 14.0. The lowest BCUT2D eigenvalue weighted by molar-refractivity contribution is -0.139. The Morgan fingerprint density at radius 3 is 2.65 bits per heavy atom. The molecule has 7 heteroatoms. The Morgan fingerprint density at radius 2 is 2.05 bits per heavy atom. The molecule has 1 aliphatic heterocycles. The summed E-state index contributed by atoms with van der Waals surface area (Å²) in [5.41, 5.74) is 7.54. The molecule has 0 fully saturated rings. The van der Waals surface area contributed by atoms with E-state index < -0.39 is 22.7 Å². The molecule has 0 bridgehead atoms. The van der Waals surface area contributed by atoms with Gasteiger partial charge in [-0.1, -0.05) is 24.3 Å². The van der Waals surface area contributed by atoms with Gasteiger partial charge >= 0.3 is 11.9 Å². The zero-order valence-electron chi connectivity index (χ0n) is 10.9. The van der Waals surface area contributed by atoms with Crippen molar-refractivity contribution in [2.75, 3.05) is 0 Å². The van der Waals surface area contributed by atoms with Crippen molar-refractivity contribution in [2.24, 2.45) is 5.73 Å². The van der Waals surface area contributed by atoms with Crippen molar-refractivity contribution in [1.29, 1.82) is 0 Å². The maximum Gasteiger partial charge on any atom is 0.335 e. The zero-order valence-corrected chi connectivity index (χ0v) is 12.5. The molecule has 0 spiro atoms. The van der Waals surface area contributed by atoms with Gasteiger partial charge < -0.3 is 15.0 Å². The molecular weight excluding hydrogens is 302 g/mol. The molecule has 5 nitrogen and oxygen atoms in total. The Kier molecular flexibility index (Phi) is 5.44. The Labute approximate surface area is 127 Å². The predicted octanol–water partition coefficient (Wildman–Crippen LogP) is 1.57. The molecule has 1 heterocycles. The van der Waals surface area contributed by atoms with Gasteiger partial charge in [-0.2, -0.15) is 0 Å². The molecule has 2 rings (SSSR count). The standard InChI is InChI=1S/C13H15NO4S.ClH/c1-13(12(16)17)7-9-5-3-2-4-8(9)6-10(14)11(15)18-19-13;/h2-5,10H,6-7,14H2,1H3,(H,16,17);1H. The van der Waals surface area contributed by atoms with Gasteiger partial charge in [-0.25, -0.2) is 4.79 Å². The van der Waals surface area contributed by atoms with E-state index in [2.05, 4.69) is 0 Å². The summed E-state index contributed by atoms with van der Waals surface area (Å²) in [7, 11) is 0. The summed E-state index contributed by atoms with van der Waals surface area (Å²) < 4.78 is 3.74. The second-order valence-electron chi connectivity index (χ2n) is 4.78. The van der Waals surface area contributed by atoms with E-state index in [1.54, 1.807) is 6.92 Å². The summed E-state index contributed by atoms with van der Waals surface area (Å²) in [5, 5.41) is 9.34. The van der Waals surface area contributed by atoms with E-state index in [0.717, 1.165) is 11.1 Å². The van der Waals surface area contributed by atoms with Gasteiger partial charge in [0.25, 0.3) is 0 Å². The topological polar surface area (TPSA) is 89.6 Å². The summed E-state index contributed by atoms with van der Waals surface area (Å²) in [6, 6.07) is 6.64. The minimum Gasteiger partial charge on any atom is -0.480 e. The third-order valence-corrected chi connectivity index (χ3v) is 4.08. The highest BCUT2D eigenvalue weighted by atomic mass is 35.5. The number of rotatable bonds is 1. The summed E-state index contributed by atoms with van der Waals surface area (Å²) >= 11 is 0.667. The number of halogens is 1. The first kappa shape index (κ1) is 16.8. The molecule has 0 saturated heterocycles. The molecule has 1 aliphatic rings. The summed E-state index contributed by atoms with van der Waals surface area (Å²) in [5.74, 6) is -1.61. The number of benzene rings is 1. The van der Waals surface area contributed by atoms with Crippen molar-refractivity contribution in [1.82, 2.24) is 0 Å². The molecule has 0 radical (unpaired) electrons. The van der Waals surface area contributed by atoms with E-state index in [9.17, 15) is 14.7 Å². The smallest absolute Gasteiger partial charge is 0.335 e. The van der Waals surface area contributed by atoms with Crippen LogP contribution in [-0.2, 0) is 26.6 Å². The van der Waals surface area contributed by atoms with Gasteiger partial charge in [0, 0.05) is 6.42 Å². The number of hydrogen-bond donors (Lipinski definition) is 2. The molecule has 20 heavy (non-hydrogen) atoms. The van der Waals surface area contributed by atoms with E-state index >= 15 is 0 Å². The lowest BCUT2D eigenvalue weighted by Gasteiger charge is -2.22. The van der Waals surface area contributed by atoms with Crippen LogP contribution in [0.4, 0.5) is 0 Å². The van der Waals surface area contributed by atoms with Crippen LogP contribution in [0.25, 0.3) is 0 Å². The van der Waals surface area contributed by atoms with Gasteiger partial charge in [0.15, 0.2) is 4.75 Å². The van der Waals surface area contributed by atoms with Crippen LogP contribution in [0.3, 0.4) is 0 Å². The van der Waals surface area contributed by atoms with Crippen LogP contribution in [0.2, 0.25) is 0 Å². The first-order valence-corrected chi connectivity index (χ1v) is 6.62. The van der Waals surface area contributed by atoms with Crippen molar-refractivity contribution < 1.29 is 18.9 Å². The van der Waals surface area contributed by atoms with Crippen molar-refractivity contribution in [3.05, 3.63) is 35.4 Å². The third kappa shape index (κ3) is 3.45. The second kappa shape index (κ2) is 6.47. The number of carbonyl (C=O) groups is 2. The predicted molar refractivity (Wildman–Crippen MR) is 78.8 cm³/mol. The van der Waals surface area contributed by atoms with E-state index in [0.29, 0.717) is 18.5 Å². The number of hydrogen-bond acceptors (Lipinski definition) is 5. The molecule has 0 saturated carbocycles. The highest BCUT2D eigenvalue weighted by molar-refractivity contribution is 7.97. The molecule has 0 aliphatic carbocycles. The van der Waals surface area contributed by atoms with Crippen LogP contribution in [0.5, 0.6) is 0 Å². The molecule has 1 aromatic rings. The number of carboxylic acid groups (broad SMARTS) is 1. The maximum atomic E-state index is 11.7. The molecule has 2 atom stereocenters. The van der Waals surface area contributed by atoms with Crippen LogP contribution in [0.15, 0.2) is 24.3 Å². The van der Waals surface area contributed by atoms with Crippen LogP contribution in [0.1, 0.15) is 18.1 Å². The maximum absolute atomic E-state index is 11.7. The number of fused-ring (bicyclic) bond motifs is 1. The quantitative estimate of drug-likeness (QED) is 0.764. The highest BCUT2D eigenvalue weighted by Crippen LogP contribution is 2.33. The van der Waals surface area contributed by atoms with Gasteiger partial charge in [-0.15, -0.1) is 12.4 Å². The van der Waals surface area contributed by atoms with Crippen LogP contribution >= 0.6 is 24.4 Å². The second-order valence-corrected chi connectivity index (χ2v) is 6.01. The number of carbonyl (C=O) groups excluding carboxylic acids is 1. The minimum atomic E-state index is -1.21. The molecule has 3 N–H and O–H groups in total. The average Bonchev–Trinajstić information content (AvgIpc) is 2.41. The van der Waals surface area contributed by atoms with Crippen LogP contribution in [0, 0.1) is 0 Å². The van der Waals surface area contributed by atoms with Gasteiger partial charge in [-0.3, -0.25) is 4.79 Å². The van der Waals surface area contributed by atoms with Gasteiger partial charge in [0.05, 0.1) is 12.0 Å². The summed E-state index contributed by atoms with van der Waals surface area (Å²) in [6.07, 6.45) is 0.633. The monoisotopic (exact) mass is 317 g/mol. The molecule has 0 aromatic heterocycles. The summed E-state index contributed by atoms with van der Waals surface area (Å²) in [6.45, 7) is 1.54. The molecular formula is C13H16ClNO4S. The Bertz CT molecular complexity index is 525. The molecule has 1 aromatic carbocycles. The lowest BCUT2D eigenvalue weighted by atomic mass is 9.93. The number of nitrogens with two attached hydrogens (primary N) is 1. The minimum absolute atomic E-state index is 0. The van der Waals surface area contributed by atoms with Gasteiger partial charge in [0.1, 0.15) is 6.04 Å². The normalized spacial score (nSPS) is 26.1. The number of carboxylic acids is 1. The fraction of sp³-hybridized carbons (Fsp3) is 0.385. The van der Waals surface area contributed by atoms with E-state index in [1.807, 2.05) is 24.3 Å². The Morgan fingerprint density at radius 1 is 1.45 bits per heavy atom. The largest absolute Gasteiger partial charge is 0.480 e. The van der Waals surface area contributed by atoms with Crippen LogP contribution < -0.4 is 5.73 Å². The fourth-order valence-electron chi connectivity index (χ4n) is 1.95. The summed E-state index contributed by atoms with van der Waals surface area (Å²) in [4.78, 5) is 23.1. The Hall–Kier alpha value is -1.24. The van der Waals surface area contributed by atoms with E-state index in [1.165, 1.54) is 0 Å². The molecule has 0 amide bonds. The molecule has 110 valence electrons. The van der Waals surface area contributed by atoms with Crippen molar-refractivity contribution in [2.45, 2.75) is 30.6 Å². The van der Waals surface area contributed by atoms with Gasteiger partial charge in [-0.05, 0) is 24.5 Å². The van der Waals surface area contributed by atoms with Crippen LogP contribution in [-0.4, -0.2) is 27.8 Å². The van der Waals surface area contributed by atoms with Crippen molar-refractivity contribution in [3.63, 3.8) is 0 Å². The van der Waals surface area contributed by atoms with E-state index in [4.69, 9.17) is 9.92 Å². The van der Waals surface area contributed by atoms with Crippen molar-refractivity contribution in [3.8, 4) is 0 Å². The van der Waals surface area contributed by atoms with Gasteiger partial charge in [0.2, 0.25) is 0 Å². The first-order chi connectivity index (χ1) is 8.92. The highest BCUT2D eigenvalue weighted by Gasteiger charge is 2.39. The van der Waals surface area contributed by atoms with E-state index in [-0.39, 0.29) is 18.8 Å². The first-order valence-electron chi connectivity index (χ1n) is 5.88. The number of aliphatic carboxylic acids is 1. The third-order valence-electron chi connectivity index (χ3n) is 3.15. The Balaban J connectivity index is 0.00000200.